The third-order valence-corrected chi connectivity index (χ3v) is 4.41. The Balaban J connectivity index is 2.36. The highest BCUT2D eigenvalue weighted by Crippen LogP contribution is 2.20. The van der Waals surface area contributed by atoms with Crippen molar-refractivity contribution in [1.82, 2.24) is 15.1 Å². The van der Waals surface area contributed by atoms with Gasteiger partial charge in [0.2, 0.25) is 5.91 Å². The van der Waals surface area contributed by atoms with Crippen molar-refractivity contribution < 1.29 is 9.53 Å². The molecule has 0 fully saturated rings. The van der Waals surface area contributed by atoms with Gasteiger partial charge in [0.15, 0.2) is 0 Å². The molecule has 5 nitrogen and oxygen atoms in total. The zero-order chi connectivity index (χ0) is 16.0. The summed E-state index contributed by atoms with van der Waals surface area (Å²) in [6.45, 7) is 11.8. The van der Waals surface area contributed by atoms with E-state index >= 15 is 0 Å². The van der Waals surface area contributed by atoms with Gasteiger partial charge in [0.25, 0.3) is 0 Å². The van der Waals surface area contributed by atoms with Crippen LogP contribution in [-0.2, 0) is 16.1 Å². The van der Waals surface area contributed by atoms with Crippen molar-refractivity contribution in [3.05, 3.63) is 15.9 Å². The van der Waals surface area contributed by atoms with Crippen molar-refractivity contribution in [3.63, 3.8) is 0 Å². The van der Waals surface area contributed by atoms with Crippen LogP contribution >= 0.6 is 15.9 Å². The zero-order valence-electron chi connectivity index (χ0n) is 13.6. The SMILES string of the molecule is Cc1nn(CC(C)C(=O)NCCCOC(C)C)c(C)c1Br. The molecular weight excluding hydrogens is 334 g/mol. The summed E-state index contributed by atoms with van der Waals surface area (Å²) in [5.41, 5.74) is 2.00. The van der Waals surface area contributed by atoms with Gasteiger partial charge in [-0.05, 0) is 50.0 Å². The highest BCUT2D eigenvalue weighted by atomic mass is 79.9. The first kappa shape index (κ1) is 18.2. The fourth-order valence-corrected chi connectivity index (χ4v) is 2.26. The zero-order valence-corrected chi connectivity index (χ0v) is 15.2. The lowest BCUT2D eigenvalue weighted by Gasteiger charge is -2.14. The molecule has 1 atom stereocenters. The average molecular weight is 360 g/mol. The molecule has 1 aromatic rings. The first-order valence-corrected chi connectivity index (χ1v) is 8.21. The van der Waals surface area contributed by atoms with E-state index in [1.54, 1.807) is 0 Å². The predicted molar refractivity (Wildman–Crippen MR) is 87.3 cm³/mol. The Labute approximate surface area is 135 Å². The van der Waals surface area contributed by atoms with Crippen LogP contribution in [-0.4, -0.2) is 34.9 Å². The van der Waals surface area contributed by atoms with Gasteiger partial charge in [-0.1, -0.05) is 6.92 Å². The van der Waals surface area contributed by atoms with Crippen molar-refractivity contribution in [1.29, 1.82) is 0 Å². The Morgan fingerprint density at radius 1 is 1.38 bits per heavy atom. The van der Waals surface area contributed by atoms with Crippen LogP contribution in [0.2, 0.25) is 0 Å². The second kappa shape index (κ2) is 8.54. The lowest BCUT2D eigenvalue weighted by atomic mass is 10.1. The molecule has 0 aromatic carbocycles. The van der Waals surface area contributed by atoms with E-state index in [0.29, 0.717) is 19.7 Å². The van der Waals surface area contributed by atoms with E-state index in [1.165, 1.54) is 0 Å². The number of aryl methyl sites for hydroxylation is 1. The van der Waals surface area contributed by atoms with Crippen molar-refractivity contribution in [3.8, 4) is 0 Å². The van der Waals surface area contributed by atoms with E-state index in [0.717, 1.165) is 22.3 Å². The van der Waals surface area contributed by atoms with E-state index in [2.05, 4.69) is 26.3 Å². The summed E-state index contributed by atoms with van der Waals surface area (Å²) < 4.78 is 8.34. The summed E-state index contributed by atoms with van der Waals surface area (Å²) in [6.07, 6.45) is 1.08. The molecule has 1 N–H and O–H groups in total. The normalized spacial score (nSPS) is 12.7. The number of rotatable bonds is 8. The largest absolute Gasteiger partial charge is 0.379 e. The number of carbonyl (C=O) groups is 1. The molecule has 0 spiro atoms. The molecule has 1 aromatic heterocycles. The molecule has 1 unspecified atom stereocenters. The van der Waals surface area contributed by atoms with Gasteiger partial charge in [-0.3, -0.25) is 9.48 Å². The minimum absolute atomic E-state index is 0.0585. The summed E-state index contributed by atoms with van der Waals surface area (Å²) >= 11 is 3.50. The minimum atomic E-state index is -0.110. The fourth-order valence-electron chi connectivity index (χ4n) is 1.97. The maximum absolute atomic E-state index is 12.0. The molecule has 0 radical (unpaired) electrons. The lowest BCUT2D eigenvalue weighted by Crippen LogP contribution is -2.33. The van der Waals surface area contributed by atoms with E-state index in [1.807, 2.05) is 39.3 Å². The van der Waals surface area contributed by atoms with Crippen LogP contribution in [0.25, 0.3) is 0 Å². The molecule has 6 heteroatoms. The number of hydrogen-bond acceptors (Lipinski definition) is 3. The topological polar surface area (TPSA) is 56.2 Å². The number of amides is 1. The Morgan fingerprint density at radius 3 is 2.57 bits per heavy atom. The maximum atomic E-state index is 12.0. The summed E-state index contributed by atoms with van der Waals surface area (Å²) in [7, 11) is 0. The van der Waals surface area contributed by atoms with Gasteiger partial charge in [-0.15, -0.1) is 0 Å². The molecule has 0 bridgehead atoms. The average Bonchev–Trinajstić information content (AvgIpc) is 2.65. The number of aromatic nitrogens is 2. The second-order valence-electron chi connectivity index (χ2n) is 5.63. The standard InChI is InChI=1S/C15H26BrN3O2/c1-10(2)21-8-6-7-17-15(20)11(3)9-19-13(5)14(16)12(4)18-19/h10-11H,6-9H2,1-5H3,(H,17,20). The third kappa shape index (κ3) is 5.79. The molecule has 1 rings (SSSR count). The Kier molecular flexibility index (Phi) is 7.39. The Morgan fingerprint density at radius 2 is 2.05 bits per heavy atom. The smallest absolute Gasteiger partial charge is 0.224 e. The predicted octanol–water partition coefficient (Wildman–Crippen LogP) is 2.83. The number of halogens is 1. The summed E-state index contributed by atoms with van der Waals surface area (Å²) in [6, 6.07) is 0. The number of hydrogen-bond donors (Lipinski definition) is 1. The molecule has 120 valence electrons. The van der Waals surface area contributed by atoms with Crippen molar-refractivity contribution >= 4 is 21.8 Å². The van der Waals surface area contributed by atoms with Gasteiger partial charge in [-0.2, -0.15) is 5.10 Å². The minimum Gasteiger partial charge on any atom is -0.379 e. The van der Waals surface area contributed by atoms with E-state index < -0.39 is 0 Å². The first-order chi connectivity index (χ1) is 9.82. The quantitative estimate of drug-likeness (QED) is 0.726. The van der Waals surface area contributed by atoms with Crippen molar-refractivity contribution in [2.75, 3.05) is 13.2 Å². The van der Waals surface area contributed by atoms with Crippen molar-refractivity contribution in [2.24, 2.45) is 5.92 Å². The summed E-state index contributed by atoms with van der Waals surface area (Å²) in [5.74, 6) is -0.0517. The molecular formula is C15H26BrN3O2. The molecule has 0 saturated heterocycles. The lowest BCUT2D eigenvalue weighted by molar-refractivity contribution is -0.125. The molecule has 0 saturated carbocycles. The van der Waals surface area contributed by atoms with Gasteiger partial charge in [-0.25, -0.2) is 0 Å². The van der Waals surface area contributed by atoms with Crippen LogP contribution in [0.3, 0.4) is 0 Å². The highest BCUT2D eigenvalue weighted by Gasteiger charge is 2.16. The van der Waals surface area contributed by atoms with Gasteiger partial charge < -0.3 is 10.1 Å². The molecule has 0 aliphatic rings. The number of nitrogens with one attached hydrogen (secondary N) is 1. The number of ether oxygens (including phenoxy) is 1. The van der Waals surface area contributed by atoms with Crippen molar-refractivity contribution in [2.45, 2.75) is 53.7 Å². The second-order valence-corrected chi connectivity index (χ2v) is 6.43. The van der Waals surface area contributed by atoms with Gasteiger partial charge >= 0.3 is 0 Å². The first-order valence-electron chi connectivity index (χ1n) is 7.41. The Hall–Kier alpha value is -0.880. The van der Waals surface area contributed by atoms with Gasteiger partial charge in [0, 0.05) is 18.8 Å². The van der Waals surface area contributed by atoms with Gasteiger partial charge in [0.05, 0.1) is 28.7 Å². The molecule has 1 heterocycles. The van der Waals surface area contributed by atoms with E-state index in [9.17, 15) is 4.79 Å². The van der Waals surface area contributed by atoms with Crippen LogP contribution < -0.4 is 5.32 Å². The monoisotopic (exact) mass is 359 g/mol. The summed E-state index contributed by atoms with van der Waals surface area (Å²) in [5, 5.41) is 7.38. The summed E-state index contributed by atoms with van der Waals surface area (Å²) in [4.78, 5) is 12.0. The number of nitrogens with zero attached hydrogens (tertiary/aromatic N) is 2. The van der Waals surface area contributed by atoms with Crippen LogP contribution in [0.15, 0.2) is 4.47 Å². The van der Waals surface area contributed by atoms with Gasteiger partial charge in [0.1, 0.15) is 0 Å². The highest BCUT2D eigenvalue weighted by molar-refractivity contribution is 9.10. The van der Waals surface area contributed by atoms with E-state index in [-0.39, 0.29) is 17.9 Å². The Bertz CT molecular complexity index is 472. The van der Waals surface area contributed by atoms with Crippen LogP contribution in [0.4, 0.5) is 0 Å². The molecule has 21 heavy (non-hydrogen) atoms. The molecule has 0 aliphatic carbocycles. The maximum Gasteiger partial charge on any atom is 0.224 e. The third-order valence-electron chi connectivity index (χ3n) is 3.26. The fraction of sp³-hybridized carbons (Fsp3) is 0.733. The van der Waals surface area contributed by atoms with E-state index in [4.69, 9.17) is 4.74 Å². The molecule has 1 amide bonds. The molecule has 0 aliphatic heterocycles. The van der Waals surface area contributed by atoms with Crippen LogP contribution in [0, 0.1) is 19.8 Å². The van der Waals surface area contributed by atoms with Crippen LogP contribution in [0.5, 0.6) is 0 Å². The number of carbonyl (C=O) groups excluding carboxylic acids is 1. The van der Waals surface area contributed by atoms with Crippen LogP contribution in [0.1, 0.15) is 38.6 Å².